The number of halogens is 2. The first-order chi connectivity index (χ1) is 9.15. The Hall–Kier alpha value is -0.840. The van der Waals surface area contributed by atoms with Crippen LogP contribution in [0.4, 0.5) is 0 Å². The van der Waals surface area contributed by atoms with Gasteiger partial charge in [0, 0.05) is 20.9 Å². The number of fused-ring (bicyclic) bond motifs is 1. The zero-order chi connectivity index (χ0) is 13.4. The molecule has 1 unspecified atom stereocenters. The molecule has 2 nitrogen and oxygen atoms in total. The number of hydrogen-bond acceptors (Lipinski definition) is 2. The Balaban J connectivity index is 2.07. The summed E-state index contributed by atoms with van der Waals surface area (Å²) in [5, 5.41) is 10.6. The highest BCUT2D eigenvalue weighted by molar-refractivity contribution is 9.10. The van der Waals surface area contributed by atoms with Crippen LogP contribution >= 0.6 is 31.9 Å². The summed E-state index contributed by atoms with van der Waals surface area (Å²) in [7, 11) is 0. The van der Waals surface area contributed by atoms with Crippen molar-refractivity contribution in [2.45, 2.75) is 12.5 Å². The fourth-order valence-corrected chi connectivity index (χ4v) is 3.30. The second-order valence-corrected chi connectivity index (χ2v) is 6.37. The van der Waals surface area contributed by atoms with Gasteiger partial charge in [0.05, 0.1) is 6.61 Å². The molecule has 3 rings (SSSR count). The van der Waals surface area contributed by atoms with Gasteiger partial charge in [-0.15, -0.1) is 0 Å². The van der Waals surface area contributed by atoms with Crippen LogP contribution in [0, 0.1) is 0 Å². The van der Waals surface area contributed by atoms with E-state index in [4.69, 9.17) is 4.74 Å². The highest BCUT2D eigenvalue weighted by Gasteiger charge is 2.23. The van der Waals surface area contributed by atoms with Crippen LogP contribution in [0.1, 0.15) is 22.8 Å². The minimum absolute atomic E-state index is 0.679. The molecular weight excluding hydrogens is 372 g/mol. The number of rotatable bonds is 2. The first kappa shape index (κ1) is 13.2. The highest BCUT2D eigenvalue weighted by Crippen LogP contribution is 2.38. The van der Waals surface area contributed by atoms with Crippen LogP contribution in [-0.2, 0) is 6.42 Å². The van der Waals surface area contributed by atoms with Crippen molar-refractivity contribution in [1.29, 1.82) is 0 Å². The smallest absolute Gasteiger partial charge is 0.128 e. The molecule has 0 saturated carbocycles. The lowest BCUT2D eigenvalue weighted by Gasteiger charge is -2.16. The molecule has 0 fully saturated rings. The molecule has 1 heterocycles. The van der Waals surface area contributed by atoms with E-state index in [1.807, 2.05) is 30.3 Å². The quantitative estimate of drug-likeness (QED) is 0.840. The molecule has 1 aliphatic rings. The van der Waals surface area contributed by atoms with Gasteiger partial charge in [-0.25, -0.2) is 0 Å². The third-order valence-electron chi connectivity index (χ3n) is 3.24. The van der Waals surface area contributed by atoms with Crippen LogP contribution in [-0.4, -0.2) is 11.7 Å². The van der Waals surface area contributed by atoms with Gasteiger partial charge < -0.3 is 9.84 Å². The van der Waals surface area contributed by atoms with Crippen molar-refractivity contribution < 1.29 is 9.84 Å². The van der Waals surface area contributed by atoms with E-state index in [9.17, 15) is 5.11 Å². The largest absolute Gasteiger partial charge is 0.493 e. The molecule has 1 atom stereocenters. The minimum atomic E-state index is -0.679. The van der Waals surface area contributed by atoms with E-state index in [2.05, 4.69) is 37.9 Å². The van der Waals surface area contributed by atoms with Crippen molar-refractivity contribution in [3.8, 4) is 5.75 Å². The predicted octanol–water partition coefficient (Wildman–Crippen LogP) is 4.23. The molecule has 0 radical (unpaired) electrons. The summed E-state index contributed by atoms with van der Waals surface area (Å²) in [6.45, 7) is 0.685. The zero-order valence-electron chi connectivity index (χ0n) is 10.1. The van der Waals surface area contributed by atoms with Gasteiger partial charge in [0.1, 0.15) is 11.9 Å². The molecule has 98 valence electrons. The molecule has 0 aliphatic carbocycles. The Morgan fingerprint density at radius 2 is 1.95 bits per heavy atom. The van der Waals surface area contributed by atoms with Gasteiger partial charge >= 0.3 is 0 Å². The molecular formula is C15H12Br2O2. The summed E-state index contributed by atoms with van der Waals surface area (Å²) < 4.78 is 7.59. The van der Waals surface area contributed by atoms with Gasteiger partial charge in [0.15, 0.2) is 0 Å². The van der Waals surface area contributed by atoms with Crippen molar-refractivity contribution in [1.82, 2.24) is 0 Å². The van der Waals surface area contributed by atoms with Crippen LogP contribution in [0.25, 0.3) is 0 Å². The second kappa shape index (κ2) is 5.27. The molecule has 2 aromatic rings. The van der Waals surface area contributed by atoms with E-state index >= 15 is 0 Å². The number of benzene rings is 2. The summed E-state index contributed by atoms with van der Waals surface area (Å²) in [5.41, 5.74) is 2.82. The van der Waals surface area contributed by atoms with E-state index in [1.165, 1.54) is 0 Å². The van der Waals surface area contributed by atoms with Crippen LogP contribution in [0.2, 0.25) is 0 Å². The standard InChI is InChI=1S/C15H12Br2O2/c16-11-3-1-2-9(6-11)14(18)13-8-12(17)7-10-4-5-19-15(10)13/h1-3,6-8,14,18H,4-5H2. The van der Waals surface area contributed by atoms with E-state index < -0.39 is 6.10 Å². The second-order valence-electron chi connectivity index (χ2n) is 4.54. The van der Waals surface area contributed by atoms with Gasteiger partial charge in [0.2, 0.25) is 0 Å². The van der Waals surface area contributed by atoms with Crippen molar-refractivity contribution in [3.63, 3.8) is 0 Å². The van der Waals surface area contributed by atoms with E-state index in [0.29, 0.717) is 6.61 Å². The average Bonchev–Trinajstić information content (AvgIpc) is 2.85. The fraction of sp³-hybridized carbons (Fsp3) is 0.200. The molecule has 2 aromatic carbocycles. The Labute approximate surface area is 128 Å². The normalized spacial score (nSPS) is 14.9. The Morgan fingerprint density at radius 1 is 1.11 bits per heavy atom. The molecule has 0 spiro atoms. The van der Waals surface area contributed by atoms with Crippen LogP contribution in [0.3, 0.4) is 0 Å². The van der Waals surface area contributed by atoms with E-state index in [-0.39, 0.29) is 0 Å². The van der Waals surface area contributed by atoms with Crippen LogP contribution in [0.5, 0.6) is 5.75 Å². The lowest BCUT2D eigenvalue weighted by Crippen LogP contribution is -2.02. The SMILES string of the molecule is OC(c1cccc(Br)c1)c1cc(Br)cc2c1OCC2. The number of aliphatic hydroxyl groups is 1. The Kier molecular flexibility index (Phi) is 3.65. The maximum Gasteiger partial charge on any atom is 0.128 e. The minimum Gasteiger partial charge on any atom is -0.493 e. The summed E-state index contributed by atoms with van der Waals surface area (Å²) in [4.78, 5) is 0. The van der Waals surface area contributed by atoms with Gasteiger partial charge in [-0.1, -0.05) is 44.0 Å². The number of hydrogen-bond donors (Lipinski definition) is 1. The van der Waals surface area contributed by atoms with Gasteiger partial charge in [-0.05, 0) is 35.4 Å². The lowest BCUT2D eigenvalue weighted by molar-refractivity contribution is 0.213. The molecule has 0 aromatic heterocycles. The monoisotopic (exact) mass is 382 g/mol. The molecule has 0 saturated heterocycles. The summed E-state index contributed by atoms with van der Waals surface area (Å²) in [5.74, 6) is 0.829. The maximum absolute atomic E-state index is 10.6. The van der Waals surface area contributed by atoms with Crippen molar-refractivity contribution >= 4 is 31.9 Å². The van der Waals surface area contributed by atoms with Crippen LogP contribution in [0.15, 0.2) is 45.3 Å². The molecule has 0 bridgehead atoms. The average molecular weight is 384 g/mol. The first-order valence-corrected chi connectivity index (χ1v) is 7.62. The summed E-state index contributed by atoms with van der Waals surface area (Å²) in [6, 6.07) is 11.7. The molecule has 1 N–H and O–H groups in total. The van der Waals surface area contributed by atoms with Gasteiger partial charge in [0.25, 0.3) is 0 Å². The lowest BCUT2D eigenvalue weighted by atomic mass is 9.98. The third-order valence-corrected chi connectivity index (χ3v) is 4.19. The molecule has 1 aliphatic heterocycles. The topological polar surface area (TPSA) is 29.5 Å². The van der Waals surface area contributed by atoms with Gasteiger partial charge in [-0.3, -0.25) is 0 Å². The first-order valence-electron chi connectivity index (χ1n) is 6.04. The van der Waals surface area contributed by atoms with Crippen molar-refractivity contribution in [2.75, 3.05) is 6.61 Å². The third kappa shape index (κ3) is 2.57. The number of aliphatic hydroxyl groups excluding tert-OH is 1. The molecule has 0 amide bonds. The summed E-state index contributed by atoms with van der Waals surface area (Å²) >= 11 is 6.92. The Bertz CT molecular complexity index is 626. The van der Waals surface area contributed by atoms with Crippen molar-refractivity contribution in [2.24, 2.45) is 0 Å². The van der Waals surface area contributed by atoms with E-state index in [1.54, 1.807) is 0 Å². The van der Waals surface area contributed by atoms with E-state index in [0.717, 1.165) is 37.8 Å². The van der Waals surface area contributed by atoms with Crippen LogP contribution < -0.4 is 4.74 Å². The van der Waals surface area contributed by atoms with Crippen molar-refractivity contribution in [3.05, 3.63) is 62.0 Å². The Morgan fingerprint density at radius 3 is 2.74 bits per heavy atom. The molecule has 4 heteroatoms. The predicted molar refractivity (Wildman–Crippen MR) is 81.5 cm³/mol. The number of ether oxygens (including phenoxy) is 1. The highest BCUT2D eigenvalue weighted by atomic mass is 79.9. The molecule has 19 heavy (non-hydrogen) atoms. The van der Waals surface area contributed by atoms with Gasteiger partial charge in [-0.2, -0.15) is 0 Å². The fourth-order valence-electron chi connectivity index (χ4n) is 2.36. The zero-order valence-corrected chi connectivity index (χ0v) is 13.2. The summed E-state index contributed by atoms with van der Waals surface area (Å²) in [6.07, 6.45) is 0.217. The maximum atomic E-state index is 10.6.